The highest BCUT2D eigenvalue weighted by Crippen LogP contribution is 2.32. The summed E-state index contributed by atoms with van der Waals surface area (Å²) >= 11 is 0. The van der Waals surface area contributed by atoms with Gasteiger partial charge in [-0.15, -0.1) is 0 Å². The molecule has 2 aromatic heterocycles. The van der Waals surface area contributed by atoms with Gasteiger partial charge in [-0.25, -0.2) is 9.78 Å². The maximum atomic E-state index is 12.8. The zero-order valence-corrected chi connectivity index (χ0v) is 11.3. The quantitative estimate of drug-likeness (QED) is 0.923. The van der Waals surface area contributed by atoms with Gasteiger partial charge in [-0.3, -0.25) is 0 Å². The highest BCUT2D eigenvalue weighted by atomic mass is 19.4. The highest BCUT2D eigenvalue weighted by Gasteiger charge is 2.37. The Morgan fingerprint density at radius 1 is 1.38 bits per heavy atom. The average molecular weight is 301 g/mol. The highest BCUT2D eigenvalue weighted by molar-refractivity contribution is 5.89. The van der Waals surface area contributed by atoms with Crippen LogP contribution in [-0.4, -0.2) is 25.2 Å². The van der Waals surface area contributed by atoms with E-state index in [0.717, 1.165) is 24.5 Å². The lowest BCUT2D eigenvalue weighted by molar-refractivity contribution is -0.138. The smallest absolute Gasteiger partial charge is 0.418 e. The van der Waals surface area contributed by atoms with E-state index in [9.17, 15) is 18.0 Å². The molecule has 0 aliphatic heterocycles. The van der Waals surface area contributed by atoms with Crippen LogP contribution in [0.1, 0.15) is 35.0 Å². The van der Waals surface area contributed by atoms with Crippen molar-refractivity contribution in [1.29, 1.82) is 0 Å². The van der Waals surface area contributed by atoms with Gasteiger partial charge in [-0.05, 0) is 6.42 Å². The standard InChI is InChI=1S/C13H14F3N3O2/c1-2-3-19-8-17-4-9(19)5-18-6-10(12(20)21)11(7-18)13(14,15)16/h4,6-8H,2-3,5H2,1H3,(H,20,21). The second-order valence-corrected chi connectivity index (χ2v) is 4.64. The summed E-state index contributed by atoms with van der Waals surface area (Å²) in [6.07, 6.45) is 1.14. The van der Waals surface area contributed by atoms with E-state index in [1.54, 1.807) is 12.5 Å². The molecule has 21 heavy (non-hydrogen) atoms. The Balaban J connectivity index is 2.33. The number of rotatable bonds is 5. The second kappa shape index (κ2) is 5.63. The summed E-state index contributed by atoms with van der Waals surface area (Å²) in [4.78, 5) is 14.9. The summed E-state index contributed by atoms with van der Waals surface area (Å²) in [5.41, 5.74) is -1.17. The summed E-state index contributed by atoms with van der Waals surface area (Å²) in [5.74, 6) is -1.59. The Hall–Kier alpha value is -2.25. The first-order valence-corrected chi connectivity index (χ1v) is 6.32. The summed E-state index contributed by atoms with van der Waals surface area (Å²) in [7, 11) is 0. The molecule has 8 heteroatoms. The molecule has 0 amide bonds. The molecule has 114 valence electrons. The number of carbonyl (C=O) groups is 1. The molecule has 0 radical (unpaired) electrons. The van der Waals surface area contributed by atoms with Crippen LogP contribution in [0.15, 0.2) is 24.9 Å². The molecule has 0 fully saturated rings. The molecule has 0 bridgehead atoms. The van der Waals surface area contributed by atoms with Crippen molar-refractivity contribution in [3.05, 3.63) is 41.7 Å². The molecule has 2 heterocycles. The van der Waals surface area contributed by atoms with Crippen molar-refractivity contribution < 1.29 is 23.1 Å². The van der Waals surface area contributed by atoms with Gasteiger partial charge in [0.05, 0.1) is 29.7 Å². The van der Waals surface area contributed by atoms with Crippen molar-refractivity contribution in [2.75, 3.05) is 0 Å². The minimum atomic E-state index is -4.69. The number of carboxylic acid groups (broad SMARTS) is 1. The molecule has 2 aromatic rings. The molecule has 0 atom stereocenters. The molecule has 0 saturated carbocycles. The third kappa shape index (κ3) is 3.26. The zero-order valence-electron chi connectivity index (χ0n) is 11.3. The Kier molecular flexibility index (Phi) is 4.06. The molecule has 0 spiro atoms. The molecule has 0 unspecified atom stereocenters. The van der Waals surface area contributed by atoms with E-state index in [0.29, 0.717) is 6.54 Å². The van der Waals surface area contributed by atoms with Gasteiger partial charge in [0.15, 0.2) is 0 Å². The second-order valence-electron chi connectivity index (χ2n) is 4.64. The Labute approximate surface area is 118 Å². The number of halogens is 3. The van der Waals surface area contributed by atoms with E-state index in [-0.39, 0.29) is 6.54 Å². The molecule has 2 rings (SSSR count). The van der Waals surface area contributed by atoms with Gasteiger partial charge in [0, 0.05) is 25.1 Å². The van der Waals surface area contributed by atoms with Crippen LogP contribution < -0.4 is 0 Å². The van der Waals surface area contributed by atoms with Gasteiger partial charge < -0.3 is 14.2 Å². The number of aryl methyl sites for hydroxylation is 1. The number of nitrogens with zero attached hydrogens (tertiary/aromatic N) is 3. The molecule has 5 nitrogen and oxygen atoms in total. The summed E-state index contributed by atoms with van der Waals surface area (Å²) in [6.45, 7) is 2.81. The SMILES string of the molecule is CCCn1cncc1Cn1cc(C(=O)O)c(C(F)(F)F)c1. The molecular formula is C13H14F3N3O2. The van der Waals surface area contributed by atoms with Crippen molar-refractivity contribution in [3.8, 4) is 0 Å². The lowest BCUT2D eigenvalue weighted by Gasteiger charge is -2.07. The Morgan fingerprint density at radius 2 is 2.10 bits per heavy atom. The lowest BCUT2D eigenvalue weighted by Crippen LogP contribution is -2.09. The van der Waals surface area contributed by atoms with Crippen LogP contribution >= 0.6 is 0 Å². The van der Waals surface area contributed by atoms with Gasteiger partial charge in [0.2, 0.25) is 0 Å². The van der Waals surface area contributed by atoms with Crippen LogP contribution in [0.5, 0.6) is 0 Å². The average Bonchev–Trinajstić information content (AvgIpc) is 2.97. The number of imidazole rings is 1. The Morgan fingerprint density at radius 3 is 2.62 bits per heavy atom. The summed E-state index contributed by atoms with van der Waals surface area (Å²) in [6, 6.07) is 0. The van der Waals surface area contributed by atoms with E-state index in [4.69, 9.17) is 5.11 Å². The molecular weight excluding hydrogens is 287 g/mol. The first-order valence-electron chi connectivity index (χ1n) is 6.32. The van der Waals surface area contributed by atoms with Gasteiger partial charge >= 0.3 is 12.1 Å². The van der Waals surface area contributed by atoms with Crippen LogP contribution in [0.3, 0.4) is 0 Å². The fraction of sp³-hybridized carbons (Fsp3) is 0.385. The van der Waals surface area contributed by atoms with E-state index < -0.39 is 23.3 Å². The van der Waals surface area contributed by atoms with Crippen LogP contribution in [0, 0.1) is 0 Å². The Bertz CT molecular complexity index is 643. The third-order valence-corrected chi connectivity index (χ3v) is 3.02. The van der Waals surface area contributed by atoms with Crippen molar-refractivity contribution in [2.45, 2.75) is 32.6 Å². The maximum Gasteiger partial charge on any atom is 0.418 e. The fourth-order valence-corrected chi connectivity index (χ4v) is 2.10. The van der Waals surface area contributed by atoms with Crippen LogP contribution in [0.2, 0.25) is 0 Å². The van der Waals surface area contributed by atoms with Crippen LogP contribution in [0.25, 0.3) is 0 Å². The predicted octanol–water partition coefficient (Wildman–Crippen LogP) is 2.86. The normalized spacial score (nSPS) is 11.8. The summed E-state index contributed by atoms with van der Waals surface area (Å²) < 4.78 is 41.5. The van der Waals surface area contributed by atoms with E-state index in [2.05, 4.69) is 4.98 Å². The van der Waals surface area contributed by atoms with Gasteiger partial charge in [0.25, 0.3) is 0 Å². The molecule has 1 N–H and O–H groups in total. The van der Waals surface area contributed by atoms with E-state index in [1.807, 2.05) is 11.5 Å². The lowest BCUT2D eigenvalue weighted by atomic mass is 10.2. The minimum absolute atomic E-state index is 0.135. The zero-order chi connectivity index (χ0) is 15.6. The maximum absolute atomic E-state index is 12.8. The van der Waals surface area contributed by atoms with Gasteiger partial charge in [-0.2, -0.15) is 13.2 Å². The molecule has 0 aliphatic rings. The first kappa shape index (κ1) is 15.1. The molecule has 0 aliphatic carbocycles. The molecule has 0 saturated heterocycles. The monoisotopic (exact) mass is 301 g/mol. The molecule has 0 aromatic carbocycles. The topological polar surface area (TPSA) is 60.0 Å². The number of hydrogen-bond donors (Lipinski definition) is 1. The largest absolute Gasteiger partial charge is 0.478 e. The van der Waals surface area contributed by atoms with Crippen molar-refractivity contribution in [2.24, 2.45) is 0 Å². The van der Waals surface area contributed by atoms with Crippen LogP contribution in [-0.2, 0) is 19.3 Å². The fourth-order valence-electron chi connectivity index (χ4n) is 2.10. The van der Waals surface area contributed by atoms with Crippen molar-refractivity contribution >= 4 is 5.97 Å². The van der Waals surface area contributed by atoms with E-state index in [1.165, 1.54) is 4.57 Å². The van der Waals surface area contributed by atoms with Gasteiger partial charge in [0.1, 0.15) is 0 Å². The minimum Gasteiger partial charge on any atom is -0.478 e. The van der Waals surface area contributed by atoms with Crippen LogP contribution in [0.4, 0.5) is 13.2 Å². The first-order chi connectivity index (χ1) is 9.82. The number of hydrogen-bond acceptors (Lipinski definition) is 2. The predicted molar refractivity (Wildman–Crippen MR) is 68.0 cm³/mol. The van der Waals surface area contributed by atoms with Crippen molar-refractivity contribution in [1.82, 2.24) is 14.1 Å². The van der Waals surface area contributed by atoms with Crippen molar-refractivity contribution in [3.63, 3.8) is 0 Å². The number of carboxylic acids is 1. The summed E-state index contributed by atoms with van der Waals surface area (Å²) in [5, 5.41) is 8.88. The van der Waals surface area contributed by atoms with Gasteiger partial charge in [-0.1, -0.05) is 6.92 Å². The number of aromatic nitrogens is 3. The number of aromatic carboxylic acids is 1. The van der Waals surface area contributed by atoms with E-state index >= 15 is 0 Å². The number of alkyl halides is 3. The third-order valence-electron chi connectivity index (χ3n) is 3.02.